The highest BCUT2D eigenvalue weighted by molar-refractivity contribution is 6.00. The first-order valence-electron chi connectivity index (χ1n) is 12.7. The highest BCUT2D eigenvalue weighted by atomic mass is 16.5. The lowest BCUT2D eigenvalue weighted by Gasteiger charge is -2.30. The van der Waals surface area contributed by atoms with Crippen LogP contribution < -0.4 is 15.6 Å². The standard InChI is InChI=1S/C29H33N5O3/c1-20(9-10-21-7-5-4-6-8-21)31-27(35)24-17-30-34-28(24)32(2)26-15-16-33(19-25(26)29(34)36)18-22-11-13-23(37-3)14-12-22/h4-8,11-14,17,20H,9-10,15-16,18-19H2,1-3H3,(H,31,35)/t20-/m1/s1. The molecule has 0 fully saturated rings. The van der Waals surface area contributed by atoms with Crippen molar-refractivity contribution in [1.82, 2.24) is 24.4 Å². The van der Waals surface area contributed by atoms with Crippen molar-refractivity contribution in [3.05, 3.63) is 99.1 Å². The number of amides is 1. The van der Waals surface area contributed by atoms with Crippen molar-refractivity contribution in [1.29, 1.82) is 0 Å². The molecule has 0 saturated heterocycles. The second-order valence-corrected chi connectivity index (χ2v) is 9.79. The molecule has 4 aromatic rings. The molecular weight excluding hydrogens is 466 g/mol. The highest BCUT2D eigenvalue weighted by Gasteiger charge is 2.26. The number of hydrogen-bond donors (Lipinski definition) is 1. The third-order valence-corrected chi connectivity index (χ3v) is 7.21. The Kier molecular flexibility index (Phi) is 7.10. The molecule has 192 valence electrons. The van der Waals surface area contributed by atoms with E-state index in [1.54, 1.807) is 7.11 Å². The van der Waals surface area contributed by atoms with E-state index >= 15 is 0 Å². The molecule has 0 unspecified atom stereocenters. The monoisotopic (exact) mass is 499 g/mol. The summed E-state index contributed by atoms with van der Waals surface area (Å²) < 4.78 is 8.59. The summed E-state index contributed by atoms with van der Waals surface area (Å²) in [7, 11) is 3.58. The maximum atomic E-state index is 13.4. The van der Waals surface area contributed by atoms with Crippen LogP contribution >= 0.6 is 0 Å². The van der Waals surface area contributed by atoms with Crippen LogP contribution in [0.4, 0.5) is 0 Å². The van der Waals surface area contributed by atoms with Gasteiger partial charge in [-0.25, -0.2) is 0 Å². The Bertz CT molecular complexity index is 1460. The second-order valence-electron chi connectivity index (χ2n) is 9.79. The first-order chi connectivity index (χ1) is 17.9. The van der Waals surface area contributed by atoms with E-state index in [9.17, 15) is 9.59 Å². The maximum Gasteiger partial charge on any atom is 0.279 e. The highest BCUT2D eigenvalue weighted by Crippen LogP contribution is 2.22. The molecule has 1 amide bonds. The van der Waals surface area contributed by atoms with Crippen molar-refractivity contribution in [2.45, 2.75) is 45.3 Å². The largest absolute Gasteiger partial charge is 0.497 e. The van der Waals surface area contributed by atoms with Crippen LogP contribution in [0.15, 0.2) is 65.6 Å². The summed E-state index contributed by atoms with van der Waals surface area (Å²) in [6.45, 7) is 4.12. The van der Waals surface area contributed by atoms with Gasteiger partial charge in [-0.05, 0) is 43.0 Å². The van der Waals surface area contributed by atoms with Crippen molar-refractivity contribution in [2.75, 3.05) is 13.7 Å². The van der Waals surface area contributed by atoms with E-state index in [0.717, 1.165) is 49.4 Å². The SMILES string of the molecule is COc1ccc(CN2CCc3c(c(=O)n4ncc(C(=O)N[C@H](C)CCc5ccccc5)c4n3C)C2)cc1. The van der Waals surface area contributed by atoms with Gasteiger partial charge in [0.2, 0.25) is 0 Å². The minimum atomic E-state index is -0.206. The zero-order chi connectivity index (χ0) is 25.9. The van der Waals surface area contributed by atoms with Crippen molar-refractivity contribution in [3.63, 3.8) is 0 Å². The van der Waals surface area contributed by atoms with Crippen molar-refractivity contribution in [3.8, 4) is 5.75 Å². The Morgan fingerprint density at radius 1 is 1.11 bits per heavy atom. The number of aromatic nitrogens is 3. The molecule has 0 bridgehead atoms. The van der Waals surface area contributed by atoms with Crippen LogP contribution in [0.2, 0.25) is 0 Å². The number of carbonyl (C=O) groups is 1. The Hall–Kier alpha value is -3.91. The lowest BCUT2D eigenvalue weighted by Crippen LogP contribution is -2.38. The molecule has 8 nitrogen and oxygen atoms in total. The molecule has 3 heterocycles. The molecule has 0 aliphatic carbocycles. The minimum Gasteiger partial charge on any atom is -0.497 e. The van der Waals surface area contributed by atoms with Crippen molar-refractivity contribution in [2.24, 2.45) is 7.05 Å². The zero-order valence-electron chi connectivity index (χ0n) is 21.6. The summed E-state index contributed by atoms with van der Waals surface area (Å²) in [6, 6.07) is 18.2. The van der Waals surface area contributed by atoms with E-state index in [-0.39, 0.29) is 17.5 Å². The predicted octanol–water partition coefficient (Wildman–Crippen LogP) is 3.35. The van der Waals surface area contributed by atoms with E-state index in [0.29, 0.717) is 17.8 Å². The van der Waals surface area contributed by atoms with Crippen LogP contribution in [-0.2, 0) is 33.0 Å². The Labute approximate surface area is 216 Å². The molecule has 8 heteroatoms. The van der Waals surface area contributed by atoms with Crippen LogP contribution in [0.1, 0.15) is 46.1 Å². The van der Waals surface area contributed by atoms with Gasteiger partial charge >= 0.3 is 0 Å². The number of nitrogens with zero attached hydrogens (tertiary/aromatic N) is 4. The predicted molar refractivity (Wildman–Crippen MR) is 143 cm³/mol. The number of carbonyl (C=O) groups excluding carboxylic acids is 1. The van der Waals surface area contributed by atoms with Crippen molar-refractivity contribution >= 4 is 11.6 Å². The first-order valence-corrected chi connectivity index (χ1v) is 12.7. The Balaban J connectivity index is 1.33. The number of benzene rings is 2. The van der Waals surface area contributed by atoms with E-state index in [1.807, 2.05) is 48.9 Å². The Morgan fingerprint density at radius 3 is 2.59 bits per heavy atom. The first kappa shape index (κ1) is 24.8. The lowest BCUT2D eigenvalue weighted by molar-refractivity contribution is 0.0939. The zero-order valence-corrected chi connectivity index (χ0v) is 21.6. The second kappa shape index (κ2) is 10.6. The van der Waals surface area contributed by atoms with Gasteiger partial charge in [-0.15, -0.1) is 0 Å². The average molecular weight is 500 g/mol. The number of hydrogen-bond acceptors (Lipinski definition) is 5. The molecule has 1 N–H and O–H groups in total. The molecule has 1 atom stereocenters. The van der Waals surface area contributed by atoms with Gasteiger partial charge in [0, 0.05) is 44.8 Å². The molecular formula is C29H33N5O3. The van der Waals surface area contributed by atoms with Crippen LogP contribution in [0, 0.1) is 0 Å². The number of rotatable bonds is 8. The summed E-state index contributed by atoms with van der Waals surface area (Å²) in [4.78, 5) is 28.9. The quantitative estimate of drug-likeness (QED) is 0.402. The molecule has 5 rings (SSSR count). The van der Waals surface area contributed by atoms with Crippen LogP contribution in [0.25, 0.3) is 5.65 Å². The fourth-order valence-electron chi connectivity index (χ4n) is 5.12. The summed E-state index contributed by atoms with van der Waals surface area (Å²) in [5.74, 6) is 0.621. The summed E-state index contributed by atoms with van der Waals surface area (Å²) in [5, 5.41) is 7.42. The van der Waals surface area contributed by atoms with Gasteiger partial charge in [0.05, 0.1) is 18.9 Å². The topological polar surface area (TPSA) is 80.9 Å². The van der Waals surface area contributed by atoms with Gasteiger partial charge in [-0.1, -0.05) is 42.5 Å². The normalized spacial score (nSPS) is 14.4. The van der Waals surface area contributed by atoms with Gasteiger partial charge in [0.1, 0.15) is 11.3 Å². The molecule has 2 aromatic heterocycles. The number of aryl methyl sites for hydroxylation is 2. The molecule has 0 spiro atoms. The van der Waals surface area contributed by atoms with Crippen LogP contribution in [0.3, 0.4) is 0 Å². The number of fused-ring (bicyclic) bond motifs is 2. The molecule has 2 aromatic carbocycles. The number of methoxy groups -OCH3 is 1. The molecule has 1 aliphatic heterocycles. The fraction of sp³-hybridized carbons (Fsp3) is 0.345. The van der Waals surface area contributed by atoms with E-state index in [1.165, 1.54) is 21.8 Å². The maximum absolute atomic E-state index is 13.4. The van der Waals surface area contributed by atoms with Gasteiger partial charge in [0.25, 0.3) is 11.5 Å². The van der Waals surface area contributed by atoms with E-state index < -0.39 is 0 Å². The average Bonchev–Trinajstić information content (AvgIpc) is 3.38. The van der Waals surface area contributed by atoms with Crippen LogP contribution in [0.5, 0.6) is 5.75 Å². The summed E-state index contributed by atoms with van der Waals surface area (Å²) in [6.07, 6.45) is 3.95. The van der Waals surface area contributed by atoms with Gasteiger partial charge in [-0.2, -0.15) is 9.61 Å². The Morgan fingerprint density at radius 2 is 1.86 bits per heavy atom. The fourth-order valence-corrected chi connectivity index (χ4v) is 5.12. The summed E-state index contributed by atoms with van der Waals surface area (Å²) >= 11 is 0. The number of ether oxygens (including phenoxy) is 1. The minimum absolute atomic E-state index is 0.0103. The lowest BCUT2D eigenvalue weighted by atomic mass is 10.0. The summed E-state index contributed by atoms with van der Waals surface area (Å²) in [5.41, 5.74) is 4.93. The van der Waals surface area contributed by atoms with Crippen LogP contribution in [-0.4, -0.2) is 44.7 Å². The van der Waals surface area contributed by atoms with Gasteiger partial charge in [0.15, 0.2) is 5.65 Å². The smallest absolute Gasteiger partial charge is 0.279 e. The molecule has 0 radical (unpaired) electrons. The molecule has 37 heavy (non-hydrogen) atoms. The van der Waals surface area contributed by atoms with Gasteiger partial charge < -0.3 is 14.6 Å². The number of nitrogens with one attached hydrogen (secondary N) is 1. The molecule has 0 saturated carbocycles. The third kappa shape index (κ3) is 5.15. The molecule has 1 aliphatic rings. The van der Waals surface area contributed by atoms with Crippen molar-refractivity contribution < 1.29 is 9.53 Å². The third-order valence-electron chi connectivity index (χ3n) is 7.21. The van der Waals surface area contributed by atoms with Gasteiger partial charge in [-0.3, -0.25) is 14.5 Å². The van der Waals surface area contributed by atoms with E-state index in [2.05, 4.69) is 39.6 Å². The van der Waals surface area contributed by atoms with E-state index in [4.69, 9.17) is 4.74 Å².